The van der Waals surface area contributed by atoms with Gasteiger partial charge in [0.25, 0.3) is 5.56 Å². The van der Waals surface area contributed by atoms with Crippen molar-refractivity contribution in [3.8, 4) is 5.75 Å². The number of aromatic amines is 2. The monoisotopic (exact) mass is 368 g/mol. The fourth-order valence-corrected chi connectivity index (χ4v) is 3.93. The van der Waals surface area contributed by atoms with Crippen LogP contribution in [0.2, 0.25) is 0 Å². The maximum atomic E-state index is 12.4. The number of carbonyl (C=O) groups is 1. The minimum atomic E-state index is -1.03. The molecule has 2 aromatic heterocycles. The molecule has 1 aromatic carbocycles. The number of para-hydroxylation sites is 1. The van der Waals surface area contributed by atoms with Gasteiger partial charge in [0.1, 0.15) is 17.0 Å². The summed E-state index contributed by atoms with van der Waals surface area (Å²) in [5, 5.41) is 16.0. The van der Waals surface area contributed by atoms with E-state index in [0.717, 1.165) is 31.2 Å². The number of H-pyrrole nitrogens is 2. The number of nitrogens with one attached hydrogen (secondary N) is 2. The molecule has 1 unspecified atom stereocenters. The van der Waals surface area contributed by atoms with E-state index in [9.17, 15) is 9.59 Å². The smallest absolute Gasteiger partial charge is 0.341 e. The first-order chi connectivity index (χ1) is 13.1. The third-order valence-corrected chi connectivity index (χ3v) is 5.11. The Morgan fingerprint density at radius 3 is 2.85 bits per heavy atom. The number of hydrogen-bond donors (Lipinski definition) is 3. The van der Waals surface area contributed by atoms with Crippen LogP contribution in [0.15, 0.2) is 35.3 Å². The Hall–Kier alpha value is -3.16. The number of aliphatic carboxylic acids is 1. The number of carboxylic acid groups (broad SMARTS) is 1. The van der Waals surface area contributed by atoms with E-state index in [1.807, 2.05) is 12.1 Å². The molecule has 1 aliphatic carbocycles. The zero-order chi connectivity index (χ0) is 18.8. The van der Waals surface area contributed by atoms with Crippen molar-refractivity contribution in [2.45, 2.75) is 31.6 Å². The van der Waals surface area contributed by atoms with Crippen LogP contribution in [-0.2, 0) is 4.79 Å². The second-order valence-corrected chi connectivity index (χ2v) is 6.83. The molecule has 1 aliphatic rings. The molecule has 0 bridgehead atoms. The third kappa shape index (κ3) is 3.42. The van der Waals surface area contributed by atoms with Crippen molar-refractivity contribution in [3.05, 3.63) is 52.2 Å². The Morgan fingerprint density at radius 1 is 1.30 bits per heavy atom. The van der Waals surface area contributed by atoms with Crippen LogP contribution in [0.5, 0.6) is 5.75 Å². The predicted octanol–water partition coefficient (Wildman–Crippen LogP) is 2.43. The fraction of sp³-hybridized carbons (Fsp3) is 0.368. The molecule has 8 nitrogen and oxygen atoms in total. The minimum Gasteiger partial charge on any atom is -0.482 e. The molecule has 3 N–H and O–H groups in total. The molecule has 4 rings (SSSR count). The lowest BCUT2D eigenvalue weighted by molar-refractivity contribution is -0.139. The summed E-state index contributed by atoms with van der Waals surface area (Å²) in [6.45, 7) is -0.419. The third-order valence-electron chi connectivity index (χ3n) is 5.11. The summed E-state index contributed by atoms with van der Waals surface area (Å²) in [6.07, 6.45) is 5.73. The lowest BCUT2D eigenvalue weighted by Gasteiger charge is -2.25. The van der Waals surface area contributed by atoms with Gasteiger partial charge in [0.15, 0.2) is 12.3 Å². The van der Waals surface area contributed by atoms with Crippen LogP contribution < -0.4 is 10.3 Å². The molecular formula is C19H20N4O4. The van der Waals surface area contributed by atoms with E-state index < -0.39 is 12.6 Å². The number of aromatic nitrogens is 4. The lowest BCUT2D eigenvalue weighted by atomic mass is 9.83. The van der Waals surface area contributed by atoms with E-state index >= 15 is 0 Å². The quantitative estimate of drug-likeness (QED) is 0.614. The Morgan fingerprint density at radius 2 is 2.07 bits per heavy atom. The topological polar surface area (TPSA) is 121 Å². The van der Waals surface area contributed by atoms with E-state index in [-0.39, 0.29) is 11.5 Å². The molecule has 0 aliphatic heterocycles. The van der Waals surface area contributed by atoms with Gasteiger partial charge < -0.3 is 14.8 Å². The summed E-state index contributed by atoms with van der Waals surface area (Å²) >= 11 is 0. The van der Waals surface area contributed by atoms with Crippen molar-refractivity contribution in [3.63, 3.8) is 0 Å². The summed E-state index contributed by atoms with van der Waals surface area (Å²) in [4.78, 5) is 30.9. The van der Waals surface area contributed by atoms with E-state index in [2.05, 4.69) is 20.2 Å². The van der Waals surface area contributed by atoms with Gasteiger partial charge in [0.2, 0.25) is 0 Å². The van der Waals surface area contributed by atoms with Gasteiger partial charge in [-0.25, -0.2) is 9.78 Å². The molecule has 0 spiro atoms. The molecule has 8 heteroatoms. The summed E-state index contributed by atoms with van der Waals surface area (Å²) in [5.41, 5.74) is 1.05. The molecule has 1 atom stereocenters. The van der Waals surface area contributed by atoms with Crippen LogP contribution in [0.3, 0.4) is 0 Å². The second kappa shape index (κ2) is 7.22. The predicted molar refractivity (Wildman–Crippen MR) is 97.9 cm³/mol. The number of fused-ring (bicyclic) bond motifs is 1. The molecule has 0 radical (unpaired) electrons. The van der Waals surface area contributed by atoms with Gasteiger partial charge in [-0.2, -0.15) is 5.10 Å². The van der Waals surface area contributed by atoms with Crippen molar-refractivity contribution >= 4 is 17.0 Å². The van der Waals surface area contributed by atoms with Crippen LogP contribution in [0.1, 0.15) is 43.0 Å². The minimum absolute atomic E-state index is 0.183. The molecule has 140 valence electrons. The summed E-state index contributed by atoms with van der Waals surface area (Å²) < 4.78 is 5.52. The zero-order valence-corrected chi connectivity index (χ0v) is 14.6. The largest absolute Gasteiger partial charge is 0.482 e. The highest BCUT2D eigenvalue weighted by Crippen LogP contribution is 2.43. The number of ether oxygens (including phenoxy) is 1. The van der Waals surface area contributed by atoms with Crippen molar-refractivity contribution in [2.75, 3.05) is 6.61 Å². The standard InChI is InChI=1S/C19H20N4O4/c24-15(25)10-27-14-8-4-3-7-12(14)16(11-5-1-2-6-11)18-21-17-13(9-20-23-17)19(26)22-18/h3-4,7-9,11,16H,1-2,5-6,10H2,(H,24,25)(H2,20,21,22,23,26). The van der Waals surface area contributed by atoms with E-state index in [4.69, 9.17) is 9.84 Å². The van der Waals surface area contributed by atoms with Crippen LogP contribution in [0.4, 0.5) is 0 Å². The Labute approximate surface area is 154 Å². The molecule has 2 heterocycles. The van der Waals surface area contributed by atoms with Crippen LogP contribution >= 0.6 is 0 Å². The lowest BCUT2D eigenvalue weighted by Crippen LogP contribution is -2.21. The maximum absolute atomic E-state index is 12.4. The van der Waals surface area contributed by atoms with Gasteiger partial charge in [0, 0.05) is 11.5 Å². The van der Waals surface area contributed by atoms with E-state index in [1.54, 1.807) is 12.1 Å². The van der Waals surface area contributed by atoms with Crippen molar-refractivity contribution in [1.82, 2.24) is 20.2 Å². The highest BCUT2D eigenvalue weighted by atomic mass is 16.5. The van der Waals surface area contributed by atoms with Gasteiger partial charge in [0.05, 0.1) is 6.20 Å². The molecule has 1 saturated carbocycles. The second-order valence-electron chi connectivity index (χ2n) is 6.83. The molecule has 0 amide bonds. The fourth-order valence-electron chi connectivity index (χ4n) is 3.93. The number of rotatable bonds is 6. The normalized spacial score (nSPS) is 15.9. The Kier molecular flexibility index (Phi) is 4.62. The number of carboxylic acids is 1. The van der Waals surface area contributed by atoms with Crippen molar-refractivity contribution in [1.29, 1.82) is 0 Å². The molecule has 0 saturated heterocycles. The summed E-state index contributed by atoms with van der Waals surface area (Å²) in [5.74, 6) is 0.132. The Bertz CT molecular complexity index is 1020. The van der Waals surface area contributed by atoms with Gasteiger partial charge in [-0.3, -0.25) is 9.89 Å². The SMILES string of the molecule is O=C(O)COc1ccccc1C(c1nc2[nH]ncc2c(=O)[nH]1)C1CCCC1. The number of nitrogens with zero attached hydrogens (tertiary/aromatic N) is 2. The van der Waals surface area contributed by atoms with Crippen molar-refractivity contribution < 1.29 is 14.6 Å². The zero-order valence-electron chi connectivity index (χ0n) is 14.6. The average molecular weight is 368 g/mol. The van der Waals surface area contributed by atoms with Gasteiger partial charge in [-0.05, 0) is 24.8 Å². The maximum Gasteiger partial charge on any atom is 0.341 e. The first-order valence-electron chi connectivity index (χ1n) is 9.00. The first-order valence-corrected chi connectivity index (χ1v) is 9.00. The molecule has 1 fully saturated rings. The van der Waals surface area contributed by atoms with Crippen molar-refractivity contribution in [2.24, 2.45) is 5.92 Å². The van der Waals surface area contributed by atoms with Gasteiger partial charge in [-0.15, -0.1) is 0 Å². The highest BCUT2D eigenvalue weighted by Gasteiger charge is 2.32. The van der Waals surface area contributed by atoms with E-state index in [1.165, 1.54) is 6.20 Å². The van der Waals surface area contributed by atoms with Crippen LogP contribution in [0, 0.1) is 5.92 Å². The Balaban J connectivity index is 1.82. The average Bonchev–Trinajstić information content (AvgIpc) is 3.33. The van der Waals surface area contributed by atoms with Gasteiger partial charge in [-0.1, -0.05) is 31.0 Å². The molecule has 3 aromatic rings. The molecule has 27 heavy (non-hydrogen) atoms. The number of benzene rings is 1. The van der Waals surface area contributed by atoms with Crippen LogP contribution in [-0.4, -0.2) is 37.8 Å². The van der Waals surface area contributed by atoms with E-state index in [0.29, 0.717) is 28.5 Å². The number of hydrogen-bond acceptors (Lipinski definition) is 5. The van der Waals surface area contributed by atoms with Crippen LogP contribution in [0.25, 0.3) is 11.0 Å². The first kappa shape index (κ1) is 17.3. The highest BCUT2D eigenvalue weighted by molar-refractivity contribution is 5.72. The summed E-state index contributed by atoms with van der Waals surface area (Å²) in [6, 6.07) is 7.36. The van der Waals surface area contributed by atoms with Gasteiger partial charge >= 0.3 is 5.97 Å². The molecular weight excluding hydrogens is 348 g/mol. The summed E-state index contributed by atoms with van der Waals surface area (Å²) in [7, 11) is 0.